The Morgan fingerprint density at radius 1 is 1.35 bits per heavy atom. The summed E-state index contributed by atoms with van der Waals surface area (Å²) in [6.45, 7) is 1.06. The van der Waals surface area contributed by atoms with E-state index in [4.69, 9.17) is 0 Å². The van der Waals surface area contributed by atoms with Crippen LogP contribution in [0.4, 0.5) is 5.69 Å². The average molecular weight is 316 g/mol. The number of rotatable bonds is 7. The molecule has 0 saturated heterocycles. The molecule has 23 heavy (non-hydrogen) atoms. The molecule has 2 fully saturated rings. The van der Waals surface area contributed by atoms with Crippen LogP contribution in [0.5, 0.6) is 0 Å². The lowest BCUT2D eigenvalue weighted by molar-refractivity contribution is -0.120. The van der Waals surface area contributed by atoms with Gasteiger partial charge in [0.05, 0.1) is 12.0 Å². The van der Waals surface area contributed by atoms with Crippen molar-refractivity contribution in [3.8, 4) is 0 Å². The number of nitrogens with zero attached hydrogens (tertiary/aromatic N) is 1. The third-order valence-corrected chi connectivity index (χ3v) is 5.16. The van der Waals surface area contributed by atoms with E-state index in [0.29, 0.717) is 0 Å². The van der Waals surface area contributed by atoms with E-state index in [2.05, 4.69) is 29.4 Å². The van der Waals surface area contributed by atoms with Crippen molar-refractivity contribution in [3.63, 3.8) is 0 Å². The first kappa shape index (κ1) is 16.5. The van der Waals surface area contributed by atoms with Crippen LogP contribution in [-0.2, 0) is 11.2 Å². The minimum atomic E-state index is -0.783. The predicted molar refractivity (Wildman–Crippen MR) is 92.5 cm³/mol. The van der Waals surface area contributed by atoms with Crippen LogP contribution in [0, 0.1) is 0 Å². The highest BCUT2D eigenvalue weighted by molar-refractivity contribution is 5.91. The first-order chi connectivity index (χ1) is 11.0. The number of anilines is 1. The lowest BCUT2D eigenvalue weighted by atomic mass is 9.97. The Labute approximate surface area is 138 Å². The highest BCUT2D eigenvalue weighted by Gasteiger charge is 2.33. The quantitative estimate of drug-likeness (QED) is 0.813. The first-order valence-electron chi connectivity index (χ1n) is 8.86. The second kappa shape index (κ2) is 7.02. The number of amides is 1. The summed E-state index contributed by atoms with van der Waals surface area (Å²) < 4.78 is 0. The molecule has 0 radical (unpaired) electrons. The van der Waals surface area contributed by atoms with Gasteiger partial charge >= 0.3 is 0 Å². The molecule has 0 spiro atoms. The third kappa shape index (κ3) is 4.79. The molecule has 2 aliphatic rings. The molecule has 0 bridgehead atoms. The molecule has 3 rings (SSSR count). The molecule has 2 aliphatic carbocycles. The lowest BCUT2D eigenvalue weighted by Crippen LogP contribution is -2.30. The molecule has 0 aliphatic heterocycles. The van der Waals surface area contributed by atoms with E-state index in [0.717, 1.165) is 50.4 Å². The van der Waals surface area contributed by atoms with Crippen molar-refractivity contribution >= 4 is 11.6 Å². The molecule has 4 heteroatoms. The average Bonchev–Trinajstić information content (AvgIpc) is 3.28. The summed E-state index contributed by atoms with van der Waals surface area (Å²) in [6, 6.07) is 8.86. The molecule has 4 nitrogen and oxygen atoms in total. The highest BCUT2D eigenvalue weighted by atomic mass is 16.3. The zero-order valence-corrected chi connectivity index (χ0v) is 14.1. The summed E-state index contributed by atoms with van der Waals surface area (Å²) in [6.07, 6.45) is 7.40. The van der Waals surface area contributed by atoms with Gasteiger partial charge in [0, 0.05) is 18.3 Å². The topological polar surface area (TPSA) is 52.6 Å². The van der Waals surface area contributed by atoms with Crippen LogP contribution in [0.15, 0.2) is 24.3 Å². The van der Waals surface area contributed by atoms with Gasteiger partial charge in [-0.2, -0.15) is 0 Å². The fourth-order valence-corrected chi connectivity index (χ4v) is 3.52. The molecule has 0 atom stereocenters. The largest absolute Gasteiger partial charge is 0.389 e. The van der Waals surface area contributed by atoms with E-state index in [1.165, 1.54) is 18.4 Å². The molecular weight excluding hydrogens is 288 g/mol. The van der Waals surface area contributed by atoms with Gasteiger partial charge in [0.2, 0.25) is 5.91 Å². The Morgan fingerprint density at radius 3 is 2.78 bits per heavy atom. The van der Waals surface area contributed by atoms with Crippen LogP contribution in [0.3, 0.4) is 0 Å². The monoisotopic (exact) mass is 316 g/mol. The summed E-state index contributed by atoms with van der Waals surface area (Å²) in [4.78, 5) is 14.6. The van der Waals surface area contributed by atoms with E-state index in [1.54, 1.807) is 0 Å². The van der Waals surface area contributed by atoms with Gasteiger partial charge in [-0.1, -0.05) is 25.0 Å². The Kier molecular flexibility index (Phi) is 5.02. The number of nitrogens with one attached hydrogen (secondary N) is 1. The number of benzene rings is 1. The maximum absolute atomic E-state index is 12.2. The van der Waals surface area contributed by atoms with Crippen molar-refractivity contribution in [2.75, 3.05) is 18.9 Å². The van der Waals surface area contributed by atoms with E-state index in [-0.39, 0.29) is 12.3 Å². The molecule has 2 saturated carbocycles. The Hall–Kier alpha value is -1.39. The fourth-order valence-electron chi connectivity index (χ4n) is 3.52. The number of aliphatic hydroxyl groups is 1. The van der Waals surface area contributed by atoms with Gasteiger partial charge in [-0.15, -0.1) is 0 Å². The molecule has 1 amide bonds. The number of likely N-dealkylation sites (N-methyl/N-ethyl adjacent to an activating group) is 1. The van der Waals surface area contributed by atoms with Gasteiger partial charge in [0.1, 0.15) is 0 Å². The minimum absolute atomic E-state index is 0.0818. The molecule has 2 N–H and O–H groups in total. The van der Waals surface area contributed by atoms with Crippen LogP contribution in [0.25, 0.3) is 0 Å². The predicted octanol–water partition coefficient (Wildman–Crippen LogP) is 2.96. The Morgan fingerprint density at radius 2 is 2.09 bits per heavy atom. The number of carbonyl (C=O) groups is 1. The van der Waals surface area contributed by atoms with Gasteiger partial charge in [0.25, 0.3) is 0 Å². The molecule has 0 heterocycles. The third-order valence-electron chi connectivity index (χ3n) is 5.16. The summed E-state index contributed by atoms with van der Waals surface area (Å²) in [5, 5.41) is 13.3. The maximum atomic E-state index is 12.2. The molecule has 126 valence electrons. The van der Waals surface area contributed by atoms with Crippen LogP contribution >= 0.6 is 0 Å². The molecular formula is C19H28N2O2. The van der Waals surface area contributed by atoms with Gasteiger partial charge in [-0.3, -0.25) is 4.79 Å². The highest BCUT2D eigenvalue weighted by Crippen LogP contribution is 2.32. The maximum Gasteiger partial charge on any atom is 0.227 e. The van der Waals surface area contributed by atoms with Crippen molar-refractivity contribution in [1.29, 1.82) is 0 Å². The molecule has 1 aromatic rings. The first-order valence-corrected chi connectivity index (χ1v) is 8.86. The number of hydrogen-bond donors (Lipinski definition) is 2. The van der Waals surface area contributed by atoms with Crippen molar-refractivity contribution in [1.82, 2.24) is 4.90 Å². The smallest absolute Gasteiger partial charge is 0.227 e. The van der Waals surface area contributed by atoms with Gasteiger partial charge < -0.3 is 15.3 Å². The SMILES string of the molecule is CN(CCc1cccc(NC(=O)CC2(O)CCCC2)c1)C1CC1. The fraction of sp³-hybridized carbons (Fsp3) is 0.632. The van der Waals surface area contributed by atoms with Crippen molar-refractivity contribution < 1.29 is 9.90 Å². The summed E-state index contributed by atoms with van der Waals surface area (Å²) >= 11 is 0. The minimum Gasteiger partial charge on any atom is -0.389 e. The van der Waals surface area contributed by atoms with Crippen molar-refractivity contribution in [3.05, 3.63) is 29.8 Å². The standard InChI is InChI=1S/C19H28N2O2/c1-21(17-7-8-17)12-9-15-5-4-6-16(13-15)20-18(22)14-19(23)10-2-3-11-19/h4-6,13,17,23H,2-3,7-12,14H2,1H3,(H,20,22). The summed E-state index contributed by atoms with van der Waals surface area (Å²) in [5.41, 5.74) is 1.30. The zero-order chi connectivity index (χ0) is 16.3. The zero-order valence-electron chi connectivity index (χ0n) is 14.1. The van der Waals surface area contributed by atoms with Crippen molar-refractivity contribution in [2.45, 2.75) is 63.0 Å². The van der Waals surface area contributed by atoms with E-state index in [1.807, 2.05) is 12.1 Å². The second-order valence-electron chi connectivity index (χ2n) is 7.32. The molecule has 1 aromatic carbocycles. The van der Waals surface area contributed by atoms with Gasteiger partial charge in [-0.05, 0) is 56.8 Å². The van der Waals surface area contributed by atoms with Crippen LogP contribution < -0.4 is 5.32 Å². The van der Waals surface area contributed by atoms with Crippen LogP contribution in [-0.4, -0.2) is 41.1 Å². The summed E-state index contributed by atoms with van der Waals surface area (Å²) in [7, 11) is 2.19. The lowest BCUT2D eigenvalue weighted by Gasteiger charge is -2.21. The van der Waals surface area contributed by atoms with E-state index >= 15 is 0 Å². The van der Waals surface area contributed by atoms with E-state index < -0.39 is 5.60 Å². The number of hydrogen-bond acceptors (Lipinski definition) is 3. The second-order valence-corrected chi connectivity index (χ2v) is 7.32. The van der Waals surface area contributed by atoms with Crippen LogP contribution in [0.2, 0.25) is 0 Å². The molecule has 0 unspecified atom stereocenters. The normalized spacial score (nSPS) is 20.0. The van der Waals surface area contributed by atoms with Gasteiger partial charge in [0.15, 0.2) is 0 Å². The van der Waals surface area contributed by atoms with Crippen molar-refractivity contribution in [2.24, 2.45) is 0 Å². The van der Waals surface area contributed by atoms with Gasteiger partial charge in [-0.25, -0.2) is 0 Å². The Balaban J connectivity index is 1.51. The summed E-state index contributed by atoms with van der Waals surface area (Å²) in [5.74, 6) is -0.0818. The molecule has 0 aromatic heterocycles. The van der Waals surface area contributed by atoms with E-state index in [9.17, 15) is 9.90 Å². The number of carbonyl (C=O) groups excluding carboxylic acids is 1. The Bertz CT molecular complexity index is 548. The van der Waals surface area contributed by atoms with Crippen LogP contribution in [0.1, 0.15) is 50.5 Å².